The van der Waals surface area contributed by atoms with Gasteiger partial charge in [-0.2, -0.15) is 0 Å². The third-order valence-electron chi connectivity index (χ3n) is 3.70. The molecule has 0 aromatic heterocycles. The highest BCUT2D eigenvalue weighted by Gasteiger charge is 2.27. The van der Waals surface area contributed by atoms with Gasteiger partial charge in [0.15, 0.2) is 0 Å². The Kier molecular flexibility index (Phi) is 3.59. The predicted molar refractivity (Wildman–Crippen MR) is 81.2 cm³/mol. The van der Waals surface area contributed by atoms with Crippen LogP contribution in [0.2, 0.25) is 0 Å². The van der Waals surface area contributed by atoms with Gasteiger partial charge in [-0.3, -0.25) is 0 Å². The molecule has 0 aliphatic carbocycles. The largest absolute Gasteiger partial charge is 0.207 e. The number of hydrogen-bond donors (Lipinski definition) is 0. The molecule has 0 saturated heterocycles. The van der Waals surface area contributed by atoms with E-state index < -0.39 is 22.9 Å². The van der Waals surface area contributed by atoms with Gasteiger partial charge in [0.25, 0.3) is 0 Å². The Labute approximate surface area is 124 Å². The van der Waals surface area contributed by atoms with Crippen molar-refractivity contribution in [2.24, 2.45) is 0 Å². The number of hydrogen-bond acceptors (Lipinski definition) is 0. The molecule has 0 bridgehead atoms. The van der Waals surface area contributed by atoms with E-state index in [1.807, 2.05) is 20.8 Å². The SMILES string of the molecule is CC(C)(C)c1cc(F)c2c(F)c(C(C)(C)C)c(F)cc2c1. The Morgan fingerprint density at radius 1 is 0.714 bits per heavy atom. The summed E-state index contributed by atoms with van der Waals surface area (Å²) in [7, 11) is 0. The van der Waals surface area contributed by atoms with Gasteiger partial charge in [-0.25, -0.2) is 13.2 Å². The van der Waals surface area contributed by atoms with Gasteiger partial charge in [0.05, 0.1) is 5.39 Å². The van der Waals surface area contributed by atoms with Crippen LogP contribution in [-0.2, 0) is 10.8 Å². The zero-order valence-electron chi connectivity index (χ0n) is 13.4. The van der Waals surface area contributed by atoms with Crippen LogP contribution in [0, 0.1) is 17.5 Å². The number of fused-ring (bicyclic) bond motifs is 1. The molecule has 114 valence electrons. The molecule has 2 aromatic carbocycles. The highest BCUT2D eigenvalue weighted by atomic mass is 19.1. The average Bonchev–Trinajstić information content (AvgIpc) is 2.23. The zero-order valence-corrected chi connectivity index (χ0v) is 13.4. The van der Waals surface area contributed by atoms with Crippen molar-refractivity contribution in [1.29, 1.82) is 0 Å². The maximum absolute atomic E-state index is 14.6. The van der Waals surface area contributed by atoms with Crippen LogP contribution in [-0.4, -0.2) is 0 Å². The predicted octanol–water partition coefficient (Wildman–Crippen LogP) is 5.85. The second-order valence-electron chi connectivity index (χ2n) is 7.60. The van der Waals surface area contributed by atoms with Crippen LogP contribution in [0.1, 0.15) is 52.7 Å². The summed E-state index contributed by atoms with van der Waals surface area (Å²) in [5.41, 5.74) is -0.366. The minimum Gasteiger partial charge on any atom is -0.207 e. The molecule has 0 atom stereocenters. The van der Waals surface area contributed by atoms with Crippen molar-refractivity contribution < 1.29 is 13.2 Å². The van der Waals surface area contributed by atoms with Gasteiger partial charge in [0, 0.05) is 5.56 Å². The molecule has 0 heterocycles. The summed E-state index contributed by atoms with van der Waals surface area (Å²) in [4.78, 5) is 0. The third kappa shape index (κ3) is 2.78. The van der Waals surface area contributed by atoms with Crippen molar-refractivity contribution in [1.82, 2.24) is 0 Å². The monoisotopic (exact) mass is 294 g/mol. The van der Waals surface area contributed by atoms with Gasteiger partial charge >= 0.3 is 0 Å². The average molecular weight is 294 g/mol. The van der Waals surface area contributed by atoms with Gasteiger partial charge in [-0.15, -0.1) is 0 Å². The number of halogens is 3. The first kappa shape index (κ1) is 15.9. The quantitative estimate of drug-likeness (QED) is 0.571. The second kappa shape index (κ2) is 4.75. The van der Waals surface area contributed by atoms with Crippen molar-refractivity contribution >= 4 is 10.8 Å². The molecule has 2 rings (SSSR count). The summed E-state index contributed by atoms with van der Waals surface area (Å²) in [5, 5.41) is 0.136. The first-order chi connectivity index (χ1) is 9.43. The maximum Gasteiger partial charge on any atom is 0.140 e. The summed E-state index contributed by atoms with van der Waals surface area (Å²) < 4.78 is 43.3. The van der Waals surface area contributed by atoms with E-state index in [1.54, 1.807) is 26.8 Å². The Morgan fingerprint density at radius 2 is 1.29 bits per heavy atom. The van der Waals surface area contributed by atoms with Crippen LogP contribution >= 0.6 is 0 Å². The highest BCUT2D eigenvalue weighted by molar-refractivity contribution is 5.86. The van der Waals surface area contributed by atoms with Crippen LogP contribution in [0.15, 0.2) is 18.2 Å². The smallest absolute Gasteiger partial charge is 0.140 e. The van der Waals surface area contributed by atoms with E-state index >= 15 is 0 Å². The molecule has 0 N–H and O–H groups in total. The number of rotatable bonds is 0. The van der Waals surface area contributed by atoms with Crippen LogP contribution in [0.5, 0.6) is 0 Å². The van der Waals surface area contributed by atoms with Gasteiger partial charge in [0.2, 0.25) is 0 Å². The molecule has 21 heavy (non-hydrogen) atoms. The molecular weight excluding hydrogens is 273 g/mol. The highest BCUT2D eigenvalue weighted by Crippen LogP contribution is 2.36. The molecule has 0 radical (unpaired) electrons. The fourth-order valence-corrected chi connectivity index (χ4v) is 2.53. The van der Waals surface area contributed by atoms with Gasteiger partial charge in [-0.1, -0.05) is 47.6 Å². The normalized spacial score (nSPS) is 13.0. The third-order valence-corrected chi connectivity index (χ3v) is 3.70. The fraction of sp³-hybridized carbons (Fsp3) is 0.444. The summed E-state index contributed by atoms with van der Waals surface area (Å²) in [6.07, 6.45) is 0. The molecule has 0 aliphatic heterocycles. The molecule has 0 fully saturated rings. The van der Waals surface area contributed by atoms with Crippen molar-refractivity contribution in [3.05, 3.63) is 46.8 Å². The van der Waals surface area contributed by atoms with Crippen LogP contribution in [0.4, 0.5) is 13.2 Å². The lowest BCUT2D eigenvalue weighted by Crippen LogP contribution is -2.17. The molecule has 2 aromatic rings. The van der Waals surface area contributed by atoms with Crippen molar-refractivity contribution in [3.63, 3.8) is 0 Å². The summed E-state index contributed by atoms with van der Waals surface area (Å²) in [6, 6.07) is 4.24. The van der Waals surface area contributed by atoms with Crippen molar-refractivity contribution in [2.45, 2.75) is 52.4 Å². The molecule has 0 unspecified atom stereocenters. The lowest BCUT2D eigenvalue weighted by atomic mass is 9.82. The Balaban J connectivity index is 2.88. The van der Waals surface area contributed by atoms with E-state index in [0.717, 1.165) is 5.56 Å². The van der Waals surface area contributed by atoms with Gasteiger partial charge in [0.1, 0.15) is 17.5 Å². The van der Waals surface area contributed by atoms with E-state index in [0.29, 0.717) is 0 Å². The topological polar surface area (TPSA) is 0 Å². The Hall–Kier alpha value is -1.51. The van der Waals surface area contributed by atoms with Crippen molar-refractivity contribution in [3.8, 4) is 0 Å². The summed E-state index contributed by atoms with van der Waals surface area (Å²) >= 11 is 0. The molecule has 0 spiro atoms. The standard InChI is InChI=1S/C18H21F3/c1-17(2,3)11-7-10-8-13(20)15(18(4,5)6)16(21)14(10)12(19)9-11/h7-9H,1-6H3. The fourth-order valence-electron chi connectivity index (χ4n) is 2.53. The molecule has 0 aliphatic rings. The Bertz CT molecular complexity index is 701. The second-order valence-corrected chi connectivity index (χ2v) is 7.60. The summed E-state index contributed by atoms with van der Waals surface area (Å²) in [6.45, 7) is 10.9. The Morgan fingerprint density at radius 3 is 1.76 bits per heavy atom. The lowest BCUT2D eigenvalue weighted by Gasteiger charge is -2.23. The van der Waals surface area contributed by atoms with Gasteiger partial charge in [-0.05, 0) is 33.9 Å². The maximum atomic E-state index is 14.6. The lowest BCUT2D eigenvalue weighted by molar-refractivity contribution is 0.478. The van der Waals surface area contributed by atoms with Crippen LogP contribution < -0.4 is 0 Å². The minimum absolute atomic E-state index is 0.0718. The van der Waals surface area contributed by atoms with Gasteiger partial charge < -0.3 is 0 Å². The van der Waals surface area contributed by atoms with Crippen molar-refractivity contribution in [2.75, 3.05) is 0 Å². The molecule has 3 heteroatoms. The molecular formula is C18H21F3. The first-order valence-corrected chi connectivity index (χ1v) is 7.05. The summed E-state index contributed by atoms with van der Waals surface area (Å²) in [5.74, 6) is -2.06. The molecule has 0 amide bonds. The molecule has 0 nitrogen and oxygen atoms in total. The molecule has 0 saturated carbocycles. The van der Waals surface area contributed by atoms with E-state index in [9.17, 15) is 13.2 Å². The van der Waals surface area contributed by atoms with E-state index in [-0.39, 0.29) is 21.8 Å². The minimum atomic E-state index is -0.796. The van der Waals surface area contributed by atoms with E-state index in [1.165, 1.54) is 12.1 Å². The zero-order chi connectivity index (χ0) is 16.2. The van der Waals surface area contributed by atoms with Crippen LogP contribution in [0.3, 0.4) is 0 Å². The van der Waals surface area contributed by atoms with Crippen LogP contribution in [0.25, 0.3) is 10.8 Å². The number of benzene rings is 2. The first-order valence-electron chi connectivity index (χ1n) is 7.05. The van der Waals surface area contributed by atoms with E-state index in [4.69, 9.17) is 0 Å². The van der Waals surface area contributed by atoms with E-state index in [2.05, 4.69) is 0 Å².